The Labute approximate surface area is 231 Å². The number of benzene rings is 3. The molecule has 0 unspecified atom stereocenters. The summed E-state index contributed by atoms with van der Waals surface area (Å²) < 4.78 is 1.58. The van der Waals surface area contributed by atoms with Gasteiger partial charge in [-0.1, -0.05) is 73.1 Å². The largest absolute Gasteiger partial charge is 0.465 e. The zero-order valence-corrected chi connectivity index (χ0v) is 22.4. The van der Waals surface area contributed by atoms with E-state index >= 15 is 0 Å². The van der Waals surface area contributed by atoms with Crippen molar-refractivity contribution in [2.75, 3.05) is 37.7 Å². The first-order chi connectivity index (χ1) is 19.0. The van der Waals surface area contributed by atoms with Gasteiger partial charge >= 0.3 is 6.09 Å². The molecule has 6 rings (SSSR count). The number of aromatic nitrogens is 2. The molecule has 2 N–H and O–H groups in total. The molecular formula is C30H30ClN5O3. The van der Waals surface area contributed by atoms with Crippen molar-refractivity contribution in [3.05, 3.63) is 99.1 Å². The molecule has 1 saturated heterocycles. The van der Waals surface area contributed by atoms with Crippen LogP contribution < -0.4 is 15.9 Å². The number of rotatable bonds is 6. The van der Waals surface area contributed by atoms with Crippen LogP contribution in [0.25, 0.3) is 22.0 Å². The first-order valence-corrected chi connectivity index (χ1v) is 13.7. The van der Waals surface area contributed by atoms with Gasteiger partial charge < -0.3 is 15.4 Å². The summed E-state index contributed by atoms with van der Waals surface area (Å²) in [5, 5.41) is 16.5. The number of piperazine rings is 1. The van der Waals surface area contributed by atoms with Crippen LogP contribution in [0.15, 0.2) is 71.5 Å². The van der Waals surface area contributed by atoms with Crippen molar-refractivity contribution < 1.29 is 9.90 Å². The Morgan fingerprint density at radius 3 is 2.31 bits per heavy atom. The van der Waals surface area contributed by atoms with Gasteiger partial charge in [-0.25, -0.2) is 14.5 Å². The van der Waals surface area contributed by atoms with E-state index in [1.165, 1.54) is 4.90 Å². The lowest BCUT2D eigenvalue weighted by molar-refractivity contribution is 0.116. The number of nitrogens with zero attached hydrogens (tertiary/aromatic N) is 4. The molecular weight excluding hydrogens is 514 g/mol. The molecule has 3 aromatic carbocycles. The van der Waals surface area contributed by atoms with Gasteiger partial charge in [0.25, 0.3) is 5.56 Å². The van der Waals surface area contributed by atoms with Crippen molar-refractivity contribution in [2.45, 2.75) is 25.3 Å². The smallest absolute Gasteiger partial charge is 0.407 e. The molecule has 2 aliphatic rings. The SMILES string of the molecule is CC[C@@H](c1nc2cccc(Cl)c2c(=O)n1N1CCNCC1)N(CC1c2ccccc2-c2ccccc21)C(=O)O. The molecule has 0 radical (unpaired) electrons. The Morgan fingerprint density at radius 2 is 1.69 bits per heavy atom. The molecule has 1 aliphatic carbocycles. The summed E-state index contributed by atoms with van der Waals surface area (Å²) in [6.45, 7) is 4.79. The summed E-state index contributed by atoms with van der Waals surface area (Å²) in [7, 11) is 0. The van der Waals surface area contributed by atoms with E-state index in [1.54, 1.807) is 22.9 Å². The molecule has 200 valence electrons. The molecule has 1 aromatic heterocycles. The van der Waals surface area contributed by atoms with Gasteiger partial charge in [0, 0.05) is 38.6 Å². The van der Waals surface area contributed by atoms with Crippen LogP contribution in [-0.4, -0.2) is 58.5 Å². The van der Waals surface area contributed by atoms with Crippen LogP contribution >= 0.6 is 11.6 Å². The third-order valence-electron chi connectivity index (χ3n) is 7.87. The Balaban J connectivity index is 1.49. The van der Waals surface area contributed by atoms with Crippen molar-refractivity contribution in [3.63, 3.8) is 0 Å². The first-order valence-electron chi connectivity index (χ1n) is 13.3. The van der Waals surface area contributed by atoms with Gasteiger partial charge in [-0.3, -0.25) is 9.69 Å². The summed E-state index contributed by atoms with van der Waals surface area (Å²) in [5.74, 6) is 0.290. The van der Waals surface area contributed by atoms with Gasteiger partial charge in [0.05, 0.1) is 22.0 Å². The van der Waals surface area contributed by atoms with Gasteiger partial charge in [0.2, 0.25) is 0 Å². The van der Waals surface area contributed by atoms with Gasteiger partial charge in [-0.2, -0.15) is 0 Å². The zero-order chi connectivity index (χ0) is 27.1. The maximum Gasteiger partial charge on any atom is 0.407 e. The lowest BCUT2D eigenvalue weighted by Crippen LogP contribution is -2.55. The van der Waals surface area contributed by atoms with Gasteiger partial charge in [-0.05, 0) is 40.8 Å². The molecule has 1 atom stereocenters. The predicted molar refractivity (Wildman–Crippen MR) is 153 cm³/mol. The highest BCUT2D eigenvalue weighted by atomic mass is 35.5. The predicted octanol–water partition coefficient (Wildman–Crippen LogP) is 4.83. The highest BCUT2D eigenvalue weighted by Crippen LogP contribution is 2.45. The molecule has 8 nitrogen and oxygen atoms in total. The Hall–Kier alpha value is -3.88. The molecule has 9 heteroatoms. The van der Waals surface area contributed by atoms with E-state index in [9.17, 15) is 14.7 Å². The minimum Gasteiger partial charge on any atom is -0.465 e. The lowest BCUT2D eigenvalue weighted by Gasteiger charge is -2.37. The zero-order valence-electron chi connectivity index (χ0n) is 21.7. The van der Waals surface area contributed by atoms with E-state index in [0.717, 1.165) is 22.3 Å². The van der Waals surface area contributed by atoms with Gasteiger partial charge in [-0.15, -0.1) is 0 Å². The average molecular weight is 544 g/mol. The fourth-order valence-electron chi connectivity index (χ4n) is 6.07. The average Bonchev–Trinajstić information content (AvgIpc) is 3.27. The standard InChI is InChI=1S/C30H30ClN5O3/c1-2-26(28-33-25-13-7-12-24(31)27(25)29(37)36(28)34-16-14-32-15-17-34)35(30(38)39)18-23-21-10-5-3-8-19(21)20-9-4-6-11-22(20)23/h3-13,23,26,32H,2,14-18H2,1H3,(H,38,39)/t26-/m0/s1. The Kier molecular flexibility index (Phi) is 6.74. The van der Waals surface area contributed by atoms with Gasteiger partial charge in [0.1, 0.15) is 0 Å². The molecule has 0 spiro atoms. The van der Waals surface area contributed by atoms with E-state index in [1.807, 2.05) is 36.2 Å². The lowest BCUT2D eigenvalue weighted by atomic mass is 9.95. The van der Waals surface area contributed by atoms with Crippen LogP contribution in [0.5, 0.6) is 0 Å². The number of hydrogen-bond donors (Lipinski definition) is 2. The maximum atomic E-state index is 14.0. The summed E-state index contributed by atoms with van der Waals surface area (Å²) in [5.41, 5.74) is 4.67. The molecule has 0 saturated carbocycles. The minimum absolute atomic E-state index is 0.128. The maximum absolute atomic E-state index is 14.0. The second-order valence-corrected chi connectivity index (χ2v) is 10.4. The van der Waals surface area contributed by atoms with Crippen LogP contribution in [0.3, 0.4) is 0 Å². The third kappa shape index (κ3) is 4.33. The van der Waals surface area contributed by atoms with E-state index < -0.39 is 12.1 Å². The van der Waals surface area contributed by atoms with Crippen LogP contribution in [-0.2, 0) is 0 Å². The van der Waals surface area contributed by atoms with Crippen molar-refractivity contribution in [1.29, 1.82) is 0 Å². The number of carboxylic acid groups (broad SMARTS) is 1. The third-order valence-corrected chi connectivity index (χ3v) is 8.19. The summed E-state index contributed by atoms with van der Waals surface area (Å²) in [6.07, 6.45) is -0.594. The van der Waals surface area contributed by atoms with Gasteiger partial charge in [0.15, 0.2) is 5.82 Å². The number of fused-ring (bicyclic) bond motifs is 4. The van der Waals surface area contributed by atoms with Crippen molar-refractivity contribution >= 4 is 28.6 Å². The highest BCUT2D eigenvalue weighted by Gasteiger charge is 2.36. The molecule has 0 bridgehead atoms. The topological polar surface area (TPSA) is 90.7 Å². The van der Waals surface area contributed by atoms with Crippen LogP contribution in [0.1, 0.15) is 42.3 Å². The number of hydrogen-bond acceptors (Lipinski definition) is 5. The fourth-order valence-corrected chi connectivity index (χ4v) is 6.32. The first kappa shape index (κ1) is 25.4. The molecule has 1 aliphatic heterocycles. The normalized spacial score (nSPS) is 15.7. The number of amides is 1. The molecule has 2 heterocycles. The molecule has 1 amide bonds. The minimum atomic E-state index is -1.05. The molecule has 1 fully saturated rings. The van der Waals surface area contributed by atoms with Crippen molar-refractivity contribution in [2.24, 2.45) is 0 Å². The van der Waals surface area contributed by atoms with E-state index in [-0.39, 0.29) is 18.0 Å². The van der Waals surface area contributed by atoms with Crippen LogP contribution in [0.4, 0.5) is 4.79 Å². The van der Waals surface area contributed by atoms with Crippen molar-refractivity contribution in [3.8, 4) is 11.1 Å². The number of nitrogens with one attached hydrogen (secondary N) is 1. The van der Waals surface area contributed by atoms with Crippen LogP contribution in [0.2, 0.25) is 5.02 Å². The molecule has 39 heavy (non-hydrogen) atoms. The van der Waals surface area contributed by atoms with E-state index in [4.69, 9.17) is 16.6 Å². The van der Waals surface area contributed by atoms with E-state index in [2.05, 4.69) is 29.6 Å². The van der Waals surface area contributed by atoms with E-state index in [0.29, 0.717) is 54.3 Å². The van der Waals surface area contributed by atoms with Crippen LogP contribution in [0, 0.1) is 0 Å². The monoisotopic (exact) mass is 543 g/mol. The van der Waals surface area contributed by atoms with Crippen molar-refractivity contribution in [1.82, 2.24) is 19.9 Å². The summed E-state index contributed by atoms with van der Waals surface area (Å²) in [6, 6.07) is 20.9. The highest BCUT2D eigenvalue weighted by molar-refractivity contribution is 6.35. The quantitative estimate of drug-likeness (QED) is 0.362. The Morgan fingerprint density at radius 1 is 1.05 bits per heavy atom. The second-order valence-electron chi connectivity index (χ2n) is 10.0. The molecule has 4 aromatic rings. The number of halogens is 1. The fraction of sp³-hybridized carbons (Fsp3) is 0.300. The summed E-state index contributed by atoms with van der Waals surface area (Å²) >= 11 is 6.47. The second kappa shape index (κ2) is 10.4. The Bertz CT molecular complexity index is 1570. The number of carbonyl (C=O) groups is 1. The summed E-state index contributed by atoms with van der Waals surface area (Å²) in [4.78, 5) is 33.3.